The average Bonchev–Trinajstić information content (AvgIpc) is 2.49. The van der Waals surface area contributed by atoms with Crippen LogP contribution >= 0.6 is 11.6 Å². The van der Waals surface area contributed by atoms with Crippen molar-refractivity contribution >= 4 is 21.6 Å². The lowest BCUT2D eigenvalue weighted by atomic mass is 9.94. The van der Waals surface area contributed by atoms with E-state index in [1.54, 1.807) is 0 Å². The molecule has 2 N–H and O–H groups in total. The Morgan fingerprint density at radius 3 is 2.74 bits per heavy atom. The van der Waals surface area contributed by atoms with Gasteiger partial charge in [-0.1, -0.05) is 11.6 Å². The van der Waals surface area contributed by atoms with Crippen molar-refractivity contribution in [1.29, 1.82) is 0 Å². The lowest BCUT2D eigenvalue weighted by molar-refractivity contribution is -0.0498. The second-order valence-corrected chi connectivity index (χ2v) is 7.61. The van der Waals surface area contributed by atoms with E-state index in [9.17, 15) is 17.2 Å². The fourth-order valence-electron chi connectivity index (χ4n) is 2.55. The van der Waals surface area contributed by atoms with E-state index >= 15 is 0 Å². The quantitative estimate of drug-likeness (QED) is 0.810. The number of hydrogen-bond acceptors (Lipinski definition) is 4. The van der Waals surface area contributed by atoms with Crippen molar-refractivity contribution in [2.24, 2.45) is 5.92 Å². The molecule has 0 radical (unpaired) electrons. The maximum absolute atomic E-state index is 12.4. The normalized spacial score (nSPS) is 20.5. The van der Waals surface area contributed by atoms with Crippen molar-refractivity contribution in [2.45, 2.75) is 37.3 Å². The van der Waals surface area contributed by atoms with Gasteiger partial charge < -0.3 is 10.1 Å². The first-order chi connectivity index (χ1) is 10.8. The molecule has 130 valence electrons. The fourth-order valence-corrected chi connectivity index (χ4v) is 4.18. The third kappa shape index (κ3) is 5.00. The van der Waals surface area contributed by atoms with E-state index in [4.69, 9.17) is 11.6 Å². The third-order valence-corrected chi connectivity index (χ3v) is 5.66. The Bertz CT molecular complexity index is 637. The molecule has 2 unspecified atom stereocenters. The van der Waals surface area contributed by atoms with Crippen molar-refractivity contribution < 1.29 is 21.9 Å². The van der Waals surface area contributed by atoms with Gasteiger partial charge in [0.1, 0.15) is 5.75 Å². The van der Waals surface area contributed by atoms with Gasteiger partial charge in [-0.2, -0.15) is 8.78 Å². The van der Waals surface area contributed by atoms with Crippen molar-refractivity contribution in [3.8, 4) is 5.75 Å². The lowest BCUT2D eigenvalue weighted by Crippen LogP contribution is -2.44. The summed E-state index contributed by atoms with van der Waals surface area (Å²) in [5.41, 5.74) is 0. The van der Waals surface area contributed by atoms with E-state index in [1.165, 1.54) is 6.07 Å². The van der Waals surface area contributed by atoms with Gasteiger partial charge in [0.2, 0.25) is 10.0 Å². The van der Waals surface area contributed by atoms with Crippen LogP contribution in [0, 0.1) is 5.92 Å². The zero-order valence-corrected chi connectivity index (χ0v) is 14.1. The lowest BCUT2D eigenvalue weighted by Gasteiger charge is -2.28. The molecule has 0 bridgehead atoms. The van der Waals surface area contributed by atoms with Crippen molar-refractivity contribution in [1.82, 2.24) is 10.0 Å². The van der Waals surface area contributed by atoms with Crippen LogP contribution in [0.3, 0.4) is 0 Å². The second-order valence-electron chi connectivity index (χ2n) is 5.49. The number of piperidine rings is 1. The van der Waals surface area contributed by atoms with Crippen molar-refractivity contribution in [3.63, 3.8) is 0 Å². The molecule has 5 nitrogen and oxygen atoms in total. The molecule has 0 aliphatic carbocycles. The number of nitrogens with one attached hydrogen (secondary N) is 2. The molecule has 1 aliphatic heterocycles. The summed E-state index contributed by atoms with van der Waals surface area (Å²) in [6.07, 6.45) is 1.95. The van der Waals surface area contributed by atoms with Crippen molar-refractivity contribution in [3.05, 3.63) is 23.2 Å². The predicted octanol–water partition coefficient (Wildman–Crippen LogP) is 2.61. The molecule has 1 fully saturated rings. The average molecular weight is 369 g/mol. The van der Waals surface area contributed by atoms with Gasteiger partial charge in [-0.05, 0) is 57.0 Å². The zero-order valence-electron chi connectivity index (χ0n) is 12.6. The summed E-state index contributed by atoms with van der Waals surface area (Å²) in [6, 6.07) is 3.17. The Morgan fingerprint density at radius 1 is 1.43 bits per heavy atom. The highest BCUT2D eigenvalue weighted by molar-refractivity contribution is 7.89. The summed E-state index contributed by atoms with van der Waals surface area (Å²) < 4.78 is 56.0. The molecule has 2 rings (SSSR count). The highest BCUT2D eigenvalue weighted by Gasteiger charge is 2.25. The van der Waals surface area contributed by atoms with Gasteiger partial charge in [0.05, 0.1) is 9.92 Å². The van der Waals surface area contributed by atoms with Crippen LogP contribution in [0.2, 0.25) is 5.02 Å². The van der Waals surface area contributed by atoms with Gasteiger partial charge in [-0.15, -0.1) is 0 Å². The first-order valence-corrected chi connectivity index (χ1v) is 9.13. The number of halogens is 3. The maximum atomic E-state index is 12.4. The maximum Gasteiger partial charge on any atom is 0.387 e. The van der Waals surface area contributed by atoms with Gasteiger partial charge in [0.15, 0.2) is 0 Å². The Hall–Kier alpha value is -0.960. The molecule has 9 heteroatoms. The van der Waals surface area contributed by atoms with E-state index in [0.717, 1.165) is 38.1 Å². The third-order valence-electron chi connectivity index (χ3n) is 3.81. The van der Waals surface area contributed by atoms with Crippen LogP contribution in [0.15, 0.2) is 23.1 Å². The Balaban J connectivity index is 2.11. The zero-order chi connectivity index (χ0) is 17.0. The molecule has 0 amide bonds. The van der Waals surface area contributed by atoms with Crippen LogP contribution < -0.4 is 14.8 Å². The van der Waals surface area contributed by atoms with Crippen LogP contribution in [-0.4, -0.2) is 34.2 Å². The molecular formula is C14H19ClF2N2O3S. The smallest absolute Gasteiger partial charge is 0.387 e. The van der Waals surface area contributed by atoms with Crippen LogP contribution in [0.4, 0.5) is 8.78 Å². The van der Waals surface area contributed by atoms with E-state index in [-0.39, 0.29) is 27.6 Å². The van der Waals surface area contributed by atoms with Crippen LogP contribution in [-0.2, 0) is 10.0 Å². The summed E-state index contributed by atoms with van der Waals surface area (Å²) in [6.45, 7) is 0.486. The number of sulfonamides is 1. The summed E-state index contributed by atoms with van der Waals surface area (Å²) in [4.78, 5) is -0.0836. The summed E-state index contributed by atoms with van der Waals surface area (Å²) in [5.74, 6) is -0.0550. The summed E-state index contributed by atoms with van der Waals surface area (Å²) in [7, 11) is -3.78. The summed E-state index contributed by atoms with van der Waals surface area (Å²) in [5, 5.41) is 3.05. The highest BCUT2D eigenvalue weighted by Crippen LogP contribution is 2.29. The van der Waals surface area contributed by atoms with E-state index in [0.29, 0.717) is 0 Å². The standard InChI is InChI=1S/C14H19ClF2N2O3S/c1-9(10-3-2-6-18-8-10)19-23(20,21)11-4-5-13(12(15)7-11)22-14(16)17/h4-5,7,9-10,14,18-19H,2-3,6,8H2,1H3. The minimum absolute atomic E-state index is 0.0836. The molecule has 0 saturated carbocycles. The number of alkyl halides is 2. The van der Waals surface area contributed by atoms with Gasteiger partial charge in [-0.3, -0.25) is 0 Å². The SMILES string of the molecule is CC(NS(=O)(=O)c1ccc(OC(F)F)c(Cl)c1)C1CCCNC1. The van der Waals surface area contributed by atoms with Crippen molar-refractivity contribution in [2.75, 3.05) is 13.1 Å². The van der Waals surface area contributed by atoms with Gasteiger partial charge in [0, 0.05) is 6.04 Å². The number of benzene rings is 1. The molecule has 1 aromatic rings. The first-order valence-electron chi connectivity index (χ1n) is 7.27. The molecule has 0 spiro atoms. The second kappa shape index (κ2) is 7.74. The minimum Gasteiger partial charge on any atom is -0.433 e. The van der Waals surface area contributed by atoms with E-state index in [2.05, 4.69) is 14.8 Å². The van der Waals surface area contributed by atoms with Gasteiger partial charge >= 0.3 is 6.61 Å². The monoisotopic (exact) mass is 368 g/mol. The van der Waals surface area contributed by atoms with Crippen LogP contribution in [0.5, 0.6) is 5.75 Å². The highest BCUT2D eigenvalue weighted by atomic mass is 35.5. The minimum atomic E-state index is -3.78. The molecule has 0 aromatic heterocycles. The summed E-state index contributed by atoms with van der Waals surface area (Å²) >= 11 is 5.80. The van der Waals surface area contributed by atoms with Crippen LogP contribution in [0.25, 0.3) is 0 Å². The molecule has 1 aromatic carbocycles. The first kappa shape index (κ1) is 18.4. The van der Waals surface area contributed by atoms with E-state index < -0.39 is 16.6 Å². The Morgan fingerprint density at radius 2 is 2.17 bits per heavy atom. The van der Waals surface area contributed by atoms with Gasteiger partial charge in [0.25, 0.3) is 0 Å². The largest absolute Gasteiger partial charge is 0.433 e. The number of hydrogen-bond donors (Lipinski definition) is 2. The molecule has 2 atom stereocenters. The topological polar surface area (TPSA) is 67.4 Å². The van der Waals surface area contributed by atoms with E-state index in [1.807, 2.05) is 6.92 Å². The number of ether oxygens (including phenoxy) is 1. The number of rotatable bonds is 6. The fraction of sp³-hybridized carbons (Fsp3) is 0.571. The Labute approximate surface area is 139 Å². The molecule has 1 saturated heterocycles. The Kier molecular flexibility index (Phi) is 6.19. The molecule has 1 aliphatic rings. The van der Waals surface area contributed by atoms with Gasteiger partial charge in [-0.25, -0.2) is 13.1 Å². The molecular weight excluding hydrogens is 350 g/mol. The molecule has 23 heavy (non-hydrogen) atoms. The molecule has 1 heterocycles. The van der Waals surface area contributed by atoms with Crippen LogP contribution in [0.1, 0.15) is 19.8 Å². The predicted molar refractivity (Wildman–Crippen MR) is 83.5 cm³/mol.